The summed E-state index contributed by atoms with van der Waals surface area (Å²) >= 11 is 0. The highest BCUT2D eigenvalue weighted by Gasteiger charge is 2.48. The molecular weight excluding hydrogens is 414 g/mol. The van der Waals surface area contributed by atoms with E-state index in [2.05, 4.69) is 0 Å². The van der Waals surface area contributed by atoms with Gasteiger partial charge < -0.3 is 23.7 Å². The van der Waals surface area contributed by atoms with Crippen LogP contribution in [0.1, 0.15) is 17.4 Å². The Kier molecular flexibility index (Phi) is 4.82. The minimum absolute atomic E-state index is 0.0758. The van der Waals surface area contributed by atoms with Crippen molar-refractivity contribution in [1.82, 2.24) is 0 Å². The fourth-order valence-electron chi connectivity index (χ4n) is 3.92. The van der Waals surface area contributed by atoms with E-state index < -0.39 is 17.7 Å². The van der Waals surface area contributed by atoms with Crippen LogP contribution in [-0.2, 0) is 9.59 Å². The van der Waals surface area contributed by atoms with Crippen LogP contribution < -0.4 is 19.1 Å². The maximum Gasteiger partial charge on any atom is 0.300 e. The summed E-state index contributed by atoms with van der Waals surface area (Å²) in [5.74, 6) is -0.0461. The highest BCUT2D eigenvalue weighted by molar-refractivity contribution is 6.51. The number of ether oxygens (including phenoxy) is 3. The van der Waals surface area contributed by atoms with Crippen LogP contribution in [-0.4, -0.2) is 37.1 Å². The Morgan fingerprint density at radius 1 is 1.03 bits per heavy atom. The number of furan rings is 1. The summed E-state index contributed by atoms with van der Waals surface area (Å²) in [4.78, 5) is 27.6. The van der Waals surface area contributed by atoms with Gasteiger partial charge in [-0.2, -0.15) is 0 Å². The third-order valence-corrected chi connectivity index (χ3v) is 5.40. The Labute approximate surface area is 183 Å². The van der Waals surface area contributed by atoms with Crippen molar-refractivity contribution in [3.05, 3.63) is 77.8 Å². The van der Waals surface area contributed by atoms with E-state index in [1.807, 2.05) is 0 Å². The van der Waals surface area contributed by atoms with Gasteiger partial charge in [-0.05, 0) is 36.4 Å². The Balaban J connectivity index is 1.67. The van der Waals surface area contributed by atoms with Crippen molar-refractivity contribution in [2.45, 2.75) is 6.04 Å². The smallest absolute Gasteiger partial charge is 0.300 e. The van der Waals surface area contributed by atoms with E-state index >= 15 is 0 Å². The molecular formula is C24H19NO7. The number of Topliss-reactive ketones (excluding diaryl/α,β-unsaturated/α-hetero) is 1. The number of hydrogen-bond donors (Lipinski definition) is 1. The molecule has 1 aromatic heterocycles. The van der Waals surface area contributed by atoms with Crippen molar-refractivity contribution in [3.8, 4) is 17.2 Å². The van der Waals surface area contributed by atoms with Crippen LogP contribution in [0.15, 0.2) is 70.9 Å². The lowest BCUT2D eigenvalue weighted by Crippen LogP contribution is -2.29. The number of amides is 1. The largest absolute Gasteiger partial charge is 0.507 e. The molecule has 0 bridgehead atoms. The number of carbonyl (C=O) groups excluding carboxylic acids is 2. The Hall–Kier alpha value is -4.20. The van der Waals surface area contributed by atoms with Gasteiger partial charge in [0.15, 0.2) is 11.5 Å². The molecule has 0 aliphatic carbocycles. The zero-order chi connectivity index (χ0) is 22.2. The molecule has 2 aliphatic heterocycles. The predicted octanol–water partition coefficient (Wildman–Crippen LogP) is 3.69. The number of aliphatic hydroxyl groups excluding tert-OH is 1. The first-order chi connectivity index (χ1) is 15.6. The molecule has 0 radical (unpaired) electrons. The molecule has 0 spiro atoms. The molecule has 1 fully saturated rings. The second kappa shape index (κ2) is 7.81. The van der Waals surface area contributed by atoms with E-state index in [-0.39, 0.29) is 11.3 Å². The second-order valence-corrected chi connectivity index (χ2v) is 7.24. The minimum atomic E-state index is -0.959. The standard InChI is InChI=1S/C24H19NO7/c1-29-16-5-2-4-14(12-16)22(26)20-21(18-6-3-9-30-18)25(24(28)23(20)27)15-7-8-17-19(13-15)32-11-10-31-17/h2-9,12-13,21,26H,10-11H2,1H3/b22-20-. The lowest BCUT2D eigenvalue weighted by Gasteiger charge is -2.25. The molecule has 1 atom stereocenters. The zero-order valence-corrected chi connectivity index (χ0v) is 17.1. The summed E-state index contributed by atoms with van der Waals surface area (Å²) < 4.78 is 22.0. The minimum Gasteiger partial charge on any atom is -0.507 e. The normalized spacial score (nSPS) is 19.3. The van der Waals surface area contributed by atoms with Crippen molar-refractivity contribution < 1.29 is 33.3 Å². The number of benzene rings is 2. The highest BCUT2D eigenvalue weighted by atomic mass is 16.6. The average molecular weight is 433 g/mol. The number of anilines is 1. The molecule has 1 amide bonds. The molecule has 32 heavy (non-hydrogen) atoms. The van der Waals surface area contributed by atoms with Gasteiger partial charge in [0.25, 0.3) is 11.7 Å². The Morgan fingerprint density at radius 3 is 2.59 bits per heavy atom. The summed E-state index contributed by atoms with van der Waals surface area (Å²) in [6, 6.07) is 14.0. The number of nitrogens with zero attached hydrogens (tertiary/aromatic N) is 1. The average Bonchev–Trinajstić information content (AvgIpc) is 3.45. The molecule has 2 aromatic carbocycles. The van der Waals surface area contributed by atoms with Crippen molar-refractivity contribution in [2.75, 3.05) is 25.2 Å². The van der Waals surface area contributed by atoms with Crippen LogP contribution in [0.5, 0.6) is 17.2 Å². The topological polar surface area (TPSA) is 98.4 Å². The van der Waals surface area contributed by atoms with Crippen LogP contribution in [0, 0.1) is 0 Å². The number of aliphatic hydroxyl groups is 1. The summed E-state index contributed by atoms with van der Waals surface area (Å²) in [6.45, 7) is 0.816. The molecule has 1 saturated heterocycles. The van der Waals surface area contributed by atoms with Gasteiger partial charge in [-0.15, -0.1) is 0 Å². The van der Waals surface area contributed by atoms with Crippen LogP contribution in [0.2, 0.25) is 0 Å². The van der Waals surface area contributed by atoms with Crippen molar-refractivity contribution >= 4 is 23.1 Å². The van der Waals surface area contributed by atoms with Crippen LogP contribution in [0.25, 0.3) is 5.76 Å². The highest BCUT2D eigenvalue weighted by Crippen LogP contribution is 2.44. The zero-order valence-electron chi connectivity index (χ0n) is 17.1. The molecule has 1 unspecified atom stereocenters. The Bertz CT molecular complexity index is 1230. The summed E-state index contributed by atoms with van der Waals surface area (Å²) in [6.07, 6.45) is 1.45. The molecule has 1 N–H and O–H groups in total. The molecule has 8 nitrogen and oxygen atoms in total. The first kappa shape index (κ1) is 19.7. The van der Waals surface area contributed by atoms with Gasteiger partial charge in [-0.3, -0.25) is 14.5 Å². The fourth-order valence-corrected chi connectivity index (χ4v) is 3.92. The Morgan fingerprint density at radius 2 is 1.84 bits per heavy atom. The van der Waals surface area contributed by atoms with Crippen molar-refractivity contribution in [3.63, 3.8) is 0 Å². The van der Waals surface area contributed by atoms with Gasteiger partial charge in [0.1, 0.15) is 36.5 Å². The molecule has 162 valence electrons. The molecule has 0 saturated carbocycles. The van der Waals surface area contributed by atoms with Gasteiger partial charge in [-0.1, -0.05) is 12.1 Å². The second-order valence-electron chi connectivity index (χ2n) is 7.24. The number of fused-ring (bicyclic) bond motifs is 1. The first-order valence-electron chi connectivity index (χ1n) is 9.97. The SMILES string of the molecule is COc1cccc(/C(O)=C2/C(=O)C(=O)N(c3ccc4c(c3)OCCO4)C2c2ccco2)c1. The number of ketones is 1. The third kappa shape index (κ3) is 3.17. The van der Waals surface area contributed by atoms with E-state index in [4.69, 9.17) is 18.6 Å². The van der Waals surface area contributed by atoms with Crippen LogP contribution in [0.4, 0.5) is 5.69 Å². The van der Waals surface area contributed by atoms with E-state index in [1.165, 1.54) is 18.3 Å². The quantitative estimate of drug-likeness (QED) is 0.381. The number of carbonyl (C=O) groups is 2. The number of hydrogen-bond acceptors (Lipinski definition) is 7. The van der Waals surface area contributed by atoms with E-state index in [0.717, 1.165) is 0 Å². The predicted molar refractivity (Wildman–Crippen MR) is 114 cm³/mol. The molecule has 8 heteroatoms. The van der Waals surface area contributed by atoms with Gasteiger partial charge in [0.2, 0.25) is 0 Å². The van der Waals surface area contributed by atoms with Crippen molar-refractivity contribution in [2.24, 2.45) is 0 Å². The van der Waals surface area contributed by atoms with Crippen molar-refractivity contribution in [1.29, 1.82) is 0 Å². The molecule has 2 aliphatic rings. The van der Waals surface area contributed by atoms with Gasteiger partial charge in [0.05, 0.1) is 18.9 Å². The lowest BCUT2D eigenvalue weighted by molar-refractivity contribution is -0.132. The lowest BCUT2D eigenvalue weighted by atomic mass is 9.99. The third-order valence-electron chi connectivity index (χ3n) is 5.40. The van der Waals surface area contributed by atoms with Gasteiger partial charge in [0, 0.05) is 17.3 Å². The maximum atomic E-state index is 13.1. The first-order valence-corrected chi connectivity index (χ1v) is 9.97. The van der Waals surface area contributed by atoms with E-state index in [0.29, 0.717) is 47.5 Å². The van der Waals surface area contributed by atoms with Crippen LogP contribution >= 0.6 is 0 Å². The van der Waals surface area contributed by atoms with E-state index in [9.17, 15) is 14.7 Å². The fraction of sp³-hybridized carbons (Fsp3) is 0.167. The van der Waals surface area contributed by atoms with Crippen LogP contribution in [0.3, 0.4) is 0 Å². The van der Waals surface area contributed by atoms with E-state index in [1.54, 1.807) is 54.6 Å². The summed E-state index contributed by atoms with van der Waals surface area (Å²) in [7, 11) is 1.50. The molecule has 3 aromatic rings. The van der Waals surface area contributed by atoms with Gasteiger partial charge >= 0.3 is 0 Å². The summed E-state index contributed by atoms with van der Waals surface area (Å²) in [5.41, 5.74) is 0.691. The monoisotopic (exact) mass is 433 g/mol. The number of methoxy groups -OCH3 is 1. The maximum absolute atomic E-state index is 13.1. The summed E-state index contributed by atoms with van der Waals surface area (Å²) in [5, 5.41) is 11.1. The number of rotatable bonds is 4. The molecule has 3 heterocycles. The molecule has 5 rings (SSSR count). The van der Waals surface area contributed by atoms with Gasteiger partial charge in [-0.25, -0.2) is 0 Å².